The fourth-order valence-electron chi connectivity index (χ4n) is 1.86. The van der Waals surface area contributed by atoms with Crippen LogP contribution in [0.2, 0.25) is 0 Å². The van der Waals surface area contributed by atoms with E-state index in [1.807, 2.05) is 6.07 Å². The van der Waals surface area contributed by atoms with E-state index in [9.17, 15) is 9.90 Å². The zero-order valence-electron chi connectivity index (χ0n) is 10.8. The van der Waals surface area contributed by atoms with E-state index in [2.05, 4.69) is 25.8 Å². The molecule has 0 spiro atoms. The Morgan fingerprint density at radius 1 is 1.39 bits per heavy atom. The Balaban J connectivity index is 2.60. The van der Waals surface area contributed by atoms with Gasteiger partial charge in [-0.15, -0.1) is 11.8 Å². The Morgan fingerprint density at radius 3 is 2.72 bits per heavy atom. The molecule has 2 N–H and O–H groups in total. The van der Waals surface area contributed by atoms with Gasteiger partial charge in [0.25, 0.3) is 0 Å². The summed E-state index contributed by atoms with van der Waals surface area (Å²) in [6.45, 7) is 6.39. The SMILES string of the molecule is CC(C)(C)Sc1c(CC=O)[nH]c2ccc(O)cc12. The standard InChI is InChI=1S/C14H17NO2S/c1-14(2,3)18-13-10-8-9(17)4-5-11(10)15-12(13)6-7-16/h4-5,7-8,15,17H,6H2,1-3H3. The highest BCUT2D eigenvalue weighted by atomic mass is 32.2. The molecule has 18 heavy (non-hydrogen) atoms. The molecule has 1 aromatic heterocycles. The van der Waals surface area contributed by atoms with Gasteiger partial charge in [0, 0.05) is 32.7 Å². The molecule has 96 valence electrons. The van der Waals surface area contributed by atoms with Crippen LogP contribution in [0.15, 0.2) is 23.1 Å². The largest absolute Gasteiger partial charge is 0.508 e. The topological polar surface area (TPSA) is 53.1 Å². The van der Waals surface area contributed by atoms with E-state index in [1.54, 1.807) is 23.9 Å². The van der Waals surface area contributed by atoms with Gasteiger partial charge in [0.2, 0.25) is 0 Å². The number of aromatic nitrogens is 1. The molecule has 0 aliphatic carbocycles. The zero-order chi connectivity index (χ0) is 13.3. The van der Waals surface area contributed by atoms with Gasteiger partial charge in [-0.05, 0) is 18.2 Å². The molecule has 2 aromatic rings. The Labute approximate surface area is 111 Å². The number of hydrogen-bond acceptors (Lipinski definition) is 3. The van der Waals surface area contributed by atoms with Gasteiger partial charge in [-0.25, -0.2) is 0 Å². The van der Waals surface area contributed by atoms with Crippen molar-refractivity contribution >= 4 is 29.0 Å². The number of thioether (sulfide) groups is 1. The quantitative estimate of drug-likeness (QED) is 0.658. The maximum atomic E-state index is 10.8. The fourth-order valence-corrected chi connectivity index (χ4v) is 3.01. The third kappa shape index (κ3) is 2.70. The number of carbonyl (C=O) groups is 1. The predicted octanol–water partition coefficient (Wildman–Crippen LogP) is 3.51. The van der Waals surface area contributed by atoms with Gasteiger partial charge >= 0.3 is 0 Å². The minimum Gasteiger partial charge on any atom is -0.508 e. The molecule has 1 heterocycles. The summed E-state index contributed by atoms with van der Waals surface area (Å²) in [7, 11) is 0. The Hall–Kier alpha value is -1.42. The molecule has 0 saturated carbocycles. The molecule has 0 fully saturated rings. The summed E-state index contributed by atoms with van der Waals surface area (Å²) in [6.07, 6.45) is 1.27. The van der Waals surface area contributed by atoms with Gasteiger partial charge in [0.05, 0.1) is 0 Å². The summed E-state index contributed by atoms with van der Waals surface area (Å²) in [5.41, 5.74) is 1.88. The summed E-state index contributed by atoms with van der Waals surface area (Å²) in [6, 6.07) is 5.23. The lowest BCUT2D eigenvalue weighted by Gasteiger charge is -2.18. The van der Waals surface area contributed by atoms with Gasteiger partial charge in [-0.3, -0.25) is 0 Å². The molecular weight excluding hydrogens is 246 g/mol. The number of benzene rings is 1. The van der Waals surface area contributed by atoms with Crippen molar-refractivity contribution in [1.82, 2.24) is 4.98 Å². The van der Waals surface area contributed by atoms with Crippen LogP contribution in [0.3, 0.4) is 0 Å². The van der Waals surface area contributed by atoms with Crippen molar-refractivity contribution in [2.75, 3.05) is 0 Å². The molecule has 4 heteroatoms. The number of aldehydes is 1. The Kier molecular flexibility index (Phi) is 3.39. The first-order chi connectivity index (χ1) is 8.40. The van der Waals surface area contributed by atoms with Crippen molar-refractivity contribution < 1.29 is 9.90 Å². The highest BCUT2D eigenvalue weighted by molar-refractivity contribution is 8.00. The van der Waals surface area contributed by atoms with Crippen molar-refractivity contribution in [3.63, 3.8) is 0 Å². The molecule has 1 aromatic carbocycles. The van der Waals surface area contributed by atoms with Crippen LogP contribution in [0.5, 0.6) is 5.75 Å². The number of rotatable bonds is 3. The molecule has 2 rings (SSSR count). The Morgan fingerprint density at radius 2 is 2.11 bits per heavy atom. The third-order valence-corrected chi connectivity index (χ3v) is 3.79. The number of phenols is 1. The first-order valence-electron chi connectivity index (χ1n) is 5.87. The van der Waals surface area contributed by atoms with Crippen molar-refractivity contribution in [3.8, 4) is 5.75 Å². The second kappa shape index (κ2) is 4.69. The molecule has 0 radical (unpaired) electrons. The second-order valence-corrected chi connectivity index (χ2v) is 7.08. The third-order valence-electron chi connectivity index (χ3n) is 2.50. The van der Waals surface area contributed by atoms with Crippen molar-refractivity contribution in [1.29, 1.82) is 0 Å². The second-order valence-electron chi connectivity index (χ2n) is 5.25. The van der Waals surface area contributed by atoms with Gasteiger partial charge in [-0.1, -0.05) is 20.8 Å². The molecule has 0 unspecified atom stereocenters. The van der Waals surface area contributed by atoms with Crippen LogP contribution in [-0.2, 0) is 11.2 Å². The molecule has 0 bridgehead atoms. The summed E-state index contributed by atoms with van der Waals surface area (Å²) in [4.78, 5) is 15.1. The molecule has 0 aliphatic rings. The van der Waals surface area contributed by atoms with Crippen LogP contribution in [0.4, 0.5) is 0 Å². The van der Waals surface area contributed by atoms with Crippen LogP contribution >= 0.6 is 11.8 Å². The van der Waals surface area contributed by atoms with Crippen molar-refractivity contribution in [3.05, 3.63) is 23.9 Å². The number of hydrogen-bond donors (Lipinski definition) is 2. The van der Waals surface area contributed by atoms with Crippen LogP contribution in [-0.4, -0.2) is 21.1 Å². The van der Waals surface area contributed by atoms with Crippen molar-refractivity contribution in [2.24, 2.45) is 0 Å². The van der Waals surface area contributed by atoms with Gasteiger partial charge < -0.3 is 14.9 Å². The maximum absolute atomic E-state index is 10.8. The minimum absolute atomic E-state index is 0.0538. The van der Waals surface area contributed by atoms with Gasteiger partial charge in [-0.2, -0.15) is 0 Å². The lowest BCUT2D eigenvalue weighted by atomic mass is 10.2. The normalized spacial score (nSPS) is 11.9. The van der Waals surface area contributed by atoms with Gasteiger partial charge in [0.1, 0.15) is 12.0 Å². The molecular formula is C14H17NO2S. The summed E-state index contributed by atoms with van der Waals surface area (Å²) in [5.74, 6) is 0.245. The first kappa shape index (κ1) is 13.0. The monoisotopic (exact) mass is 263 g/mol. The fraction of sp³-hybridized carbons (Fsp3) is 0.357. The van der Waals surface area contributed by atoms with E-state index in [0.29, 0.717) is 6.42 Å². The lowest BCUT2D eigenvalue weighted by molar-refractivity contribution is -0.107. The van der Waals surface area contributed by atoms with Crippen molar-refractivity contribution in [2.45, 2.75) is 36.8 Å². The van der Waals surface area contributed by atoms with E-state index < -0.39 is 0 Å². The number of aromatic hydroxyl groups is 1. The van der Waals surface area contributed by atoms with Crippen LogP contribution in [0, 0.1) is 0 Å². The van der Waals surface area contributed by atoms with Crippen LogP contribution in [0.1, 0.15) is 26.5 Å². The summed E-state index contributed by atoms with van der Waals surface area (Å²) >= 11 is 1.71. The number of H-pyrrole nitrogens is 1. The van der Waals surface area contributed by atoms with E-state index in [-0.39, 0.29) is 10.5 Å². The van der Waals surface area contributed by atoms with Gasteiger partial charge in [0.15, 0.2) is 0 Å². The number of fused-ring (bicyclic) bond motifs is 1. The highest BCUT2D eigenvalue weighted by Crippen LogP contribution is 2.40. The number of carbonyl (C=O) groups excluding carboxylic acids is 1. The minimum atomic E-state index is 0.0538. The highest BCUT2D eigenvalue weighted by Gasteiger charge is 2.19. The number of phenolic OH excluding ortho intramolecular Hbond substituents is 1. The predicted molar refractivity (Wildman–Crippen MR) is 75.3 cm³/mol. The van der Waals surface area contributed by atoms with Crippen LogP contribution in [0.25, 0.3) is 10.9 Å². The Bertz CT molecular complexity index is 581. The smallest absolute Gasteiger partial charge is 0.125 e. The molecule has 3 nitrogen and oxygen atoms in total. The number of nitrogens with one attached hydrogen (secondary N) is 1. The molecule has 0 saturated heterocycles. The lowest BCUT2D eigenvalue weighted by Crippen LogP contribution is -2.07. The maximum Gasteiger partial charge on any atom is 0.125 e. The molecule has 0 atom stereocenters. The summed E-state index contributed by atoms with van der Waals surface area (Å²) in [5, 5.41) is 10.6. The average molecular weight is 263 g/mol. The molecule has 0 amide bonds. The first-order valence-corrected chi connectivity index (χ1v) is 6.68. The van der Waals surface area contributed by atoms with E-state index >= 15 is 0 Å². The number of aromatic amines is 1. The zero-order valence-corrected chi connectivity index (χ0v) is 11.6. The average Bonchev–Trinajstić information content (AvgIpc) is 2.56. The van der Waals surface area contributed by atoms with E-state index in [1.165, 1.54) is 0 Å². The molecule has 0 aliphatic heterocycles. The van der Waals surface area contributed by atoms with Crippen LogP contribution < -0.4 is 0 Å². The summed E-state index contributed by atoms with van der Waals surface area (Å²) < 4.78 is 0.0538. The van der Waals surface area contributed by atoms with E-state index in [0.717, 1.165) is 27.8 Å². The van der Waals surface area contributed by atoms with E-state index in [4.69, 9.17) is 0 Å².